The SMILES string of the molecule is C.C.C.C.COc1ccc(CO)cc1.COc1ccc(COc2cc(C)c3n(c2=O)C2(CCCCC2)NC3=O)cc1.Cc1cc(Br)c(=O)n2c1C(=O)NC21CCCCC1.Cc1cc(O)c(=O)n2c1C(=O)NC21CCCCC1.Cc1cc(Oc2ccnc(Cl)n2)c(=O)n2c1C(=O)NC21CCCCC1.Cc1cc(Oc2ccnc(Cl)n2)c(=O)n2c1C(=O)NC21CCCCC1.Clc1ccnc(Cl)n1. The smallest absolute Gasteiger partial charge is 0.296 e. The lowest BCUT2D eigenvalue weighted by atomic mass is 9.89. The molecule has 5 spiro atoms. The van der Waals surface area contributed by atoms with Gasteiger partial charge in [0.25, 0.3) is 57.3 Å². The Morgan fingerprint density at radius 3 is 0.948 bits per heavy atom. The van der Waals surface area contributed by atoms with E-state index in [9.17, 15) is 53.1 Å². The number of fused-ring (bicyclic) bond motifs is 10. The number of aromatic hydroxyl groups is 1. The van der Waals surface area contributed by atoms with Crippen LogP contribution in [0.4, 0.5) is 0 Å². The Morgan fingerprint density at radius 2 is 0.644 bits per heavy atom. The number of aliphatic hydroxyl groups is 1. The van der Waals surface area contributed by atoms with Crippen molar-refractivity contribution in [2.45, 2.75) is 266 Å². The molecule has 0 unspecified atom stereocenters. The van der Waals surface area contributed by atoms with Crippen molar-refractivity contribution >= 4 is 91.9 Å². The van der Waals surface area contributed by atoms with Gasteiger partial charge in [-0.3, -0.25) is 70.8 Å². The maximum Gasteiger partial charge on any atom is 0.296 e. The number of nitrogens with one attached hydrogen (secondary N) is 5. The summed E-state index contributed by atoms with van der Waals surface area (Å²) in [6.07, 6.45) is 27.8. The van der Waals surface area contributed by atoms with E-state index in [1.165, 1.54) is 47.8 Å². The van der Waals surface area contributed by atoms with Gasteiger partial charge in [-0.1, -0.05) is 97.7 Å². The molecule has 10 aliphatic rings. The summed E-state index contributed by atoms with van der Waals surface area (Å²) < 4.78 is 35.8. The quantitative estimate of drug-likeness (QED) is 0.0494. The summed E-state index contributed by atoms with van der Waals surface area (Å²) in [6, 6.07) is 27.4. The van der Waals surface area contributed by atoms with Crippen LogP contribution in [0, 0.1) is 34.6 Å². The lowest BCUT2D eigenvalue weighted by Gasteiger charge is -2.35. The van der Waals surface area contributed by atoms with Gasteiger partial charge in [0.05, 0.1) is 25.3 Å². The van der Waals surface area contributed by atoms with Gasteiger partial charge in [-0.2, -0.15) is 9.97 Å². The van der Waals surface area contributed by atoms with Crippen LogP contribution in [0.15, 0.2) is 144 Å². The standard InChI is InChI=1S/C21H24N2O4.2C17H17ClN4O3.C13H15BrN2O2.C13H16N2O3.C8H10O2.C4H2Cl2N2.4CH4/c1-14-12-17(27-13-15-6-8-16(26-2)9-7-15)20(25)23-18(14)19(24)22-21(23)10-4-3-5-11-21;2*1-10-9-11(25-12-5-8-19-16(18)20-12)15(24)22-13(10)14(23)21-17(22)6-3-2-4-7-17;1-8-7-9(14)12(18)16-10(8)11(17)15-13(16)5-3-2-4-6-13;1-8-7-9(16)12(18)15-10(8)11(17)14-13(15)5-3-2-4-6-13;1-10-8-4-2-7(6-9)3-5-8;5-3-1-2-7-4(6)8-3;;;;/h6-9,12H,3-5,10-11,13H2,1-2H3,(H,22,24);2*5,8-9H,2-4,6-7H2,1H3,(H,21,23);7H,2-6H2,1H3,(H,15,17);7,16H,2-6H2,1H3,(H,14,17);2-5,9H,6H2,1H3;1-2H;4*1H4. The molecule has 2 aromatic carbocycles. The molecular weight excluding hydrogens is 1880 g/mol. The second-order valence-electron chi connectivity index (χ2n) is 34.0. The molecule has 7 N–H and O–H groups in total. The molecular formula is C97H117BrCl4N16O17. The van der Waals surface area contributed by atoms with Gasteiger partial charge in [-0.05, 0) is 313 Å². The van der Waals surface area contributed by atoms with Crippen molar-refractivity contribution in [3.63, 3.8) is 0 Å². The summed E-state index contributed by atoms with van der Waals surface area (Å²) in [6.45, 7) is 9.44. The summed E-state index contributed by atoms with van der Waals surface area (Å²) in [4.78, 5) is 148. The minimum Gasteiger partial charge on any atom is -0.503 e. The minimum atomic E-state index is -0.644. The molecule has 5 amide bonds. The third-order valence-electron chi connectivity index (χ3n) is 25.3. The highest BCUT2D eigenvalue weighted by molar-refractivity contribution is 9.10. The van der Waals surface area contributed by atoms with Crippen molar-refractivity contribution in [1.29, 1.82) is 0 Å². The first-order valence-electron chi connectivity index (χ1n) is 43.6. The number of aromatic nitrogens is 11. The number of halogens is 5. The fourth-order valence-electron chi connectivity index (χ4n) is 19.2. The molecule has 0 atom stereocenters. The Labute approximate surface area is 811 Å². The van der Waals surface area contributed by atoms with E-state index in [-0.39, 0.29) is 145 Å². The number of carbonyl (C=O) groups is 5. The molecule has 5 aliphatic heterocycles. The summed E-state index contributed by atoms with van der Waals surface area (Å²) in [5.41, 5.74) is 3.29. The summed E-state index contributed by atoms with van der Waals surface area (Å²) in [5, 5.41) is 34.1. The first-order valence-corrected chi connectivity index (χ1v) is 45.9. The van der Waals surface area contributed by atoms with Gasteiger partial charge in [-0.25, -0.2) is 19.9 Å². The van der Waals surface area contributed by atoms with Crippen LogP contribution in [-0.2, 0) is 41.5 Å². The highest BCUT2D eigenvalue weighted by atomic mass is 79.9. The van der Waals surface area contributed by atoms with E-state index >= 15 is 0 Å². The average Bonchev–Trinajstić information content (AvgIpc) is 1.60. The summed E-state index contributed by atoms with van der Waals surface area (Å²) >= 11 is 25.6. The molecule has 5 fully saturated rings. The van der Waals surface area contributed by atoms with Crippen LogP contribution < -0.4 is 78.1 Å². The average molecular weight is 2000 g/mol. The largest absolute Gasteiger partial charge is 0.503 e. The van der Waals surface area contributed by atoms with Gasteiger partial charge in [0.2, 0.25) is 27.6 Å². The molecule has 33 nitrogen and oxygen atoms in total. The number of pyridine rings is 5. The highest BCUT2D eigenvalue weighted by Crippen LogP contribution is 2.44. The van der Waals surface area contributed by atoms with Crippen molar-refractivity contribution in [1.82, 2.24) is 79.3 Å². The van der Waals surface area contributed by atoms with Gasteiger partial charge in [0, 0.05) is 30.7 Å². The summed E-state index contributed by atoms with van der Waals surface area (Å²) in [7, 11) is 3.24. The van der Waals surface area contributed by atoms with Gasteiger partial charge in [-0.15, -0.1) is 0 Å². The van der Waals surface area contributed by atoms with Crippen LogP contribution in [0.3, 0.4) is 0 Å². The number of hydrogen-bond acceptors (Lipinski definition) is 23. The van der Waals surface area contributed by atoms with Crippen molar-refractivity contribution in [2.75, 3.05) is 14.2 Å². The van der Waals surface area contributed by atoms with Crippen LogP contribution in [0.5, 0.6) is 46.3 Å². The normalized spacial score (nSPS) is 17.0. The first-order chi connectivity index (χ1) is 62.8. The third kappa shape index (κ3) is 22.2. The Balaban J connectivity index is 0.000000166. The molecule has 10 aromatic rings. The van der Waals surface area contributed by atoms with Crippen LogP contribution >= 0.6 is 62.3 Å². The number of aryl methyl sites for hydroxylation is 5. The topological polar surface area (TPSA) is 419 Å². The lowest BCUT2D eigenvalue weighted by molar-refractivity contribution is 0.0866. The molecule has 38 heteroatoms. The second-order valence-corrected chi connectivity index (χ2v) is 36.2. The monoisotopic (exact) mass is 2000 g/mol. The molecule has 8 aromatic heterocycles. The van der Waals surface area contributed by atoms with E-state index < -0.39 is 33.9 Å². The Morgan fingerprint density at radius 1 is 0.363 bits per heavy atom. The molecule has 0 radical (unpaired) electrons. The predicted octanol–water partition coefficient (Wildman–Crippen LogP) is 17.6. The van der Waals surface area contributed by atoms with Gasteiger partial charge in [0.15, 0.2) is 23.0 Å². The predicted molar refractivity (Wildman–Crippen MR) is 519 cm³/mol. The van der Waals surface area contributed by atoms with E-state index in [0.29, 0.717) is 54.8 Å². The number of hydrogen-bond donors (Lipinski definition) is 7. The van der Waals surface area contributed by atoms with Crippen LogP contribution in [0.2, 0.25) is 21.0 Å². The maximum absolute atomic E-state index is 13.2. The number of nitrogens with zero attached hydrogens (tertiary/aromatic N) is 11. The molecule has 5 saturated carbocycles. The Hall–Kier alpha value is -11.8. The molecule has 5 aliphatic carbocycles. The fourth-order valence-corrected chi connectivity index (χ4v) is 20.4. The number of ether oxygens (including phenoxy) is 5. The summed E-state index contributed by atoms with van der Waals surface area (Å²) in [5.74, 6) is 1.34. The van der Waals surface area contributed by atoms with E-state index in [2.05, 4.69) is 72.4 Å². The Kier molecular flexibility index (Phi) is 34.9. The van der Waals surface area contributed by atoms with E-state index in [1.54, 1.807) is 83.6 Å². The van der Waals surface area contributed by atoms with E-state index in [0.717, 1.165) is 188 Å². The van der Waals surface area contributed by atoms with Crippen LogP contribution in [-0.4, -0.2) is 107 Å². The molecule has 20 rings (SSSR count). The zero-order valence-corrected chi connectivity index (χ0v) is 78.0. The van der Waals surface area contributed by atoms with E-state index in [4.69, 9.17) is 75.2 Å². The first kappa shape index (κ1) is 105. The number of aliphatic hydroxyl groups excluding tert-OH is 1. The van der Waals surface area contributed by atoms with Crippen LogP contribution in [0.1, 0.15) is 282 Å². The van der Waals surface area contributed by atoms with Crippen molar-refractivity contribution in [2.24, 2.45) is 0 Å². The molecule has 13 heterocycles. The van der Waals surface area contributed by atoms with E-state index in [1.807, 2.05) is 62.4 Å². The molecule has 0 bridgehead atoms. The lowest BCUT2D eigenvalue weighted by Crippen LogP contribution is -2.48. The molecule has 722 valence electrons. The fraction of sp³-hybridized carbons (Fsp3) is 0.443. The Bertz CT molecular complexity index is 6060. The van der Waals surface area contributed by atoms with Crippen molar-refractivity contribution in [3.05, 3.63) is 260 Å². The molecule has 135 heavy (non-hydrogen) atoms. The second kappa shape index (κ2) is 44.8. The van der Waals surface area contributed by atoms with Gasteiger partial charge in [0.1, 0.15) is 80.0 Å². The van der Waals surface area contributed by atoms with Gasteiger partial charge < -0.3 is 60.5 Å². The van der Waals surface area contributed by atoms with Crippen molar-refractivity contribution in [3.8, 4) is 46.3 Å². The number of benzene rings is 2. The van der Waals surface area contributed by atoms with Gasteiger partial charge >= 0.3 is 0 Å². The molecule has 0 saturated heterocycles. The zero-order valence-electron chi connectivity index (χ0n) is 73.4. The third-order valence-corrected chi connectivity index (χ3v) is 26.6. The maximum atomic E-state index is 13.2. The zero-order chi connectivity index (χ0) is 93.4. The number of carbonyl (C=O) groups excluding carboxylic acids is 5. The number of amides is 5. The van der Waals surface area contributed by atoms with Crippen molar-refractivity contribution < 1.29 is 57.9 Å². The minimum absolute atomic E-state index is 0. The number of methoxy groups -OCH3 is 2. The highest BCUT2D eigenvalue weighted by Gasteiger charge is 2.51. The number of rotatable bonds is 10. The van der Waals surface area contributed by atoms with Crippen LogP contribution in [0.25, 0.3) is 0 Å².